The molecule has 0 radical (unpaired) electrons. The van der Waals surface area contributed by atoms with Gasteiger partial charge in [0.2, 0.25) is 0 Å². The molecule has 0 aromatic heterocycles. The van der Waals surface area contributed by atoms with Crippen LogP contribution in [0.2, 0.25) is 0 Å². The maximum atomic E-state index is 12.0. The van der Waals surface area contributed by atoms with Crippen LogP contribution in [0.1, 0.15) is 13.8 Å². The van der Waals surface area contributed by atoms with Crippen LogP contribution in [0, 0.1) is 21.7 Å². The molecule has 0 saturated heterocycles. The second-order valence-electron chi connectivity index (χ2n) is 3.64. The molecule has 0 aliphatic heterocycles. The summed E-state index contributed by atoms with van der Waals surface area (Å²) in [6.07, 6.45) is 0. The van der Waals surface area contributed by atoms with Gasteiger partial charge in [0.15, 0.2) is 5.75 Å². The number of hydrogen-bond donors (Lipinski definition) is 0. The molecule has 1 aromatic carbocycles. The van der Waals surface area contributed by atoms with Crippen molar-refractivity contribution >= 4 is 13.3 Å². The van der Waals surface area contributed by atoms with Crippen molar-refractivity contribution < 1.29 is 23.3 Å². The van der Waals surface area contributed by atoms with E-state index in [0.717, 1.165) is 0 Å². The Bertz CT molecular complexity index is 582. The van der Waals surface area contributed by atoms with Crippen LogP contribution in [-0.4, -0.2) is 24.7 Å². The Kier molecular flexibility index (Phi) is 6.89. The van der Waals surface area contributed by atoms with Crippen molar-refractivity contribution in [2.24, 2.45) is 0 Å². The monoisotopic (exact) mass is 313 g/mol. The Balaban J connectivity index is 2.71. The van der Waals surface area contributed by atoms with Crippen LogP contribution < -0.4 is 4.74 Å². The third kappa shape index (κ3) is 5.56. The number of ether oxygens (including phenoxy) is 1. The molecule has 114 valence electrons. The fourth-order valence-electron chi connectivity index (χ4n) is 1.41. The maximum absolute atomic E-state index is 12.0. The number of nitrogens with zero attached hydrogens (tertiary/aromatic N) is 1. The quantitative estimate of drug-likeness (QED) is 0.332. The third-order valence-corrected chi connectivity index (χ3v) is 3.80. The highest BCUT2D eigenvalue weighted by atomic mass is 31.2. The van der Waals surface area contributed by atoms with Crippen molar-refractivity contribution in [3.05, 3.63) is 34.4 Å². The Morgan fingerprint density at radius 3 is 2.43 bits per heavy atom. The summed E-state index contributed by atoms with van der Waals surface area (Å²) < 4.78 is 27.2. The van der Waals surface area contributed by atoms with Gasteiger partial charge in [-0.25, -0.2) is 4.57 Å². The second-order valence-corrected chi connectivity index (χ2v) is 5.37. The topological polar surface area (TPSA) is 87.9 Å². The minimum Gasteiger partial charge on any atom is -0.474 e. The van der Waals surface area contributed by atoms with Crippen LogP contribution in [0.4, 0.5) is 5.69 Å². The molecule has 21 heavy (non-hydrogen) atoms. The van der Waals surface area contributed by atoms with E-state index in [9.17, 15) is 14.7 Å². The van der Waals surface area contributed by atoms with E-state index in [1.807, 2.05) is 0 Å². The molecule has 0 bridgehead atoms. The van der Waals surface area contributed by atoms with Crippen LogP contribution in [-0.2, 0) is 13.6 Å². The molecule has 0 N–H and O–H groups in total. The number of nitro groups is 1. The van der Waals surface area contributed by atoms with Crippen molar-refractivity contribution in [1.29, 1.82) is 0 Å². The summed E-state index contributed by atoms with van der Waals surface area (Å²) >= 11 is 0. The van der Waals surface area contributed by atoms with Gasteiger partial charge in [0, 0.05) is 11.7 Å². The Hall–Kier alpha value is -1.87. The summed E-state index contributed by atoms with van der Waals surface area (Å²) in [5, 5.41) is 10.8. The highest BCUT2D eigenvalue weighted by Crippen LogP contribution is 2.46. The van der Waals surface area contributed by atoms with Gasteiger partial charge < -0.3 is 4.74 Å². The summed E-state index contributed by atoms with van der Waals surface area (Å²) in [5.74, 6) is 2.60. The molecule has 0 atom stereocenters. The van der Waals surface area contributed by atoms with Gasteiger partial charge >= 0.3 is 13.3 Å². The fourth-order valence-corrected chi connectivity index (χ4v) is 2.56. The SMILES string of the molecule is CCOP(=O)(C#CCOc1ccccc1[N+](=O)[O-])OCC. The molecule has 0 unspecified atom stereocenters. The van der Waals surface area contributed by atoms with Crippen LogP contribution in [0.5, 0.6) is 5.75 Å². The van der Waals surface area contributed by atoms with Gasteiger partial charge in [0.1, 0.15) is 6.61 Å². The molecule has 7 nitrogen and oxygen atoms in total. The zero-order chi connectivity index (χ0) is 15.7. The molecular formula is C13H16NO6P. The van der Waals surface area contributed by atoms with Gasteiger partial charge in [-0.3, -0.25) is 19.2 Å². The lowest BCUT2D eigenvalue weighted by molar-refractivity contribution is -0.385. The van der Waals surface area contributed by atoms with E-state index in [2.05, 4.69) is 11.6 Å². The molecule has 0 heterocycles. The maximum Gasteiger partial charge on any atom is 0.405 e. The number of para-hydroxylation sites is 2. The molecule has 0 fully saturated rings. The first kappa shape index (κ1) is 17.2. The van der Waals surface area contributed by atoms with E-state index in [4.69, 9.17) is 13.8 Å². The van der Waals surface area contributed by atoms with Crippen molar-refractivity contribution in [3.63, 3.8) is 0 Å². The second kappa shape index (κ2) is 8.42. The van der Waals surface area contributed by atoms with Gasteiger partial charge in [0.25, 0.3) is 0 Å². The standard InChI is InChI=1S/C13H16NO6P/c1-3-19-21(17,20-4-2)11-7-10-18-13-9-6-5-8-12(13)14(15)16/h5-6,8-9H,3-4,10H2,1-2H3. The lowest BCUT2D eigenvalue weighted by Crippen LogP contribution is -1.99. The summed E-state index contributed by atoms with van der Waals surface area (Å²) in [7, 11) is -3.45. The predicted molar refractivity (Wildman–Crippen MR) is 77.2 cm³/mol. The van der Waals surface area contributed by atoms with Gasteiger partial charge in [-0.05, 0) is 25.8 Å². The van der Waals surface area contributed by atoms with E-state index in [0.29, 0.717) is 0 Å². The fraction of sp³-hybridized carbons (Fsp3) is 0.385. The van der Waals surface area contributed by atoms with E-state index >= 15 is 0 Å². The highest BCUT2D eigenvalue weighted by molar-refractivity contribution is 7.59. The molecule has 8 heteroatoms. The summed E-state index contributed by atoms with van der Waals surface area (Å²) in [5.41, 5.74) is 2.23. The normalized spacial score (nSPS) is 10.6. The highest BCUT2D eigenvalue weighted by Gasteiger charge is 2.19. The Morgan fingerprint density at radius 1 is 1.24 bits per heavy atom. The Labute approximate surface area is 122 Å². The van der Waals surface area contributed by atoms with Crippen LogP contribution in [0.3, 0.4) is 0 Å². The molecule has 0 aliphatic carbocycles. The minimum atomic E-state index is -3.45. The smallest absolute Gasteiger partial charge is 0.405 e. The zero-order valence-electron chi connectivity index (χ0n) is 11.8. The molecule has 0 spiro atoms. The first-order chi connectivity index (χ1) is 10.0. The molecule has 1 rings (SSSR count). The number of hydrogen-bond acceptors (Lipinski definition) is 6. The van der Waals surface area contributed by atoms with Crippen molar-refractivity contribution in [2.75, 3.05) is 19.8 Å². The van der Waals surface area contributed by atoms with Gasteiger partial charge in [-0.2, -0.15) is 0 Å². The third-order valence-electron chi connectivity index (χ3n) is 2.18. The molecule has 0 saturated carbocycles. The van der Waals surface area contributed by atoms with Crippen LogP contribution in [0.15, 0.2) is 24.3 Å². The number of rotatable bonds is 7. The van der Waals surface area contributed by atoms with Crippen molar-refractivity contribution in [2.45, 2.75) is 13.8 Å². The van der Waals surface area contributed by atoms with Gasteiger partial charge in [0.05, 0.1) is 18.1 Å². The Morgan fingerprint density at radius 2 is 1.86 bits per heavy atom. The zero-order valence-corrected chi connectivity index (χ0v) is 12.7. The average Bonchev–Trinajstić information content (AvgIpc) is 2.44. The lowest BCUT2D eigenvalue weighted by Gasteiger charge is -2.09. The summed E-state index contributed by atoms with van der Waals surface area (Å²) in [6.45, 7) is 3.61. The molecule has 1 aromatic rings. The average molecular weight is 313 g/mol. The lowest BCUT2D eigenvalue weighted by atomic mass is 10.3. The molecule has 0 amide bonds. The first-order valence-corrected chi connectivity index (χ1v) is 7.82. The van der Waals surface area contributed by atoms with E-state index in [1.165, 1.54) is 18.2 Å². The van der Waals surface area contributed by atoms with E-state index in [1.54, 1.807) is 19.9 Å². The molecular weight excluding hydrogens is 297 g/mol. The van der Waals surface area contributed by atoms with Crippen molar-refractivity contribution in [1.82, 2.24) is 0 Å². The van der Waals surface area contributed by atoms with E-state index in [-0.39, 0.29) is 31.3 Å². The largest absolute Gasteiger partial charge is 0.474 e. The van der Waals surface area contributed by atoms with Crippen molar-refractivity contribution in [3.8, 4) is 17.3 Å². The van der Waals surface area contributed by atoms with Crippen LogP contribution >= 0.6 is 7.60 Å². The summed E-state index contributed by atoms with van der Waals surface area (Å²) in [6, 6.07) is 5.94. The molecule has 0 aliphatic rings. The predicted octanol–water partition coefficient (Wildman–Crippen LogP) is 3.20. The van der Waals surface area contributed by atoms with Gasteiger partial charge in [-0.1, -0.05) is 12.1 Å². The van der Waals surface area contributed by atoms with Crippen LogP contribution in [0.25, 0.3) is 0 Å². The number of benzene rings is 1. The number of nitro benzene ring substituents is 1. The summed E-state index contributed by atoms with van der Waals surface area (Å²) in [4.78, 5) is 10.2. The van der Waals surface area contributed by atoms with Gasteiger partial charge in [-0.15, -0.1) is 0 Å². The van der Waals surface area contributed by atoms with E-state index < -0.39 is 12.5 Å². The minimum absolute atomic E-state index is 0.0967. The first-order valence-electron chi connectivity index (χ1n) is 6.28.